The van der Waals surface area contributed by atoms with Crippen molar-refractivity contribution in [2.24, 2.45) is 0 Å². The summed E-state index contributed by atoms with van der Waals surface area (Å²) >= 11 is 1.81. The summed E-state index contributed by atoms with van der Waals surface area (Å²) in [6.07, 6.45) is 0. The molecular weight excluding hydrogens is 278 g/mol. The highest BCUT2D eigenvalue weighted by Gasteiger charge is 2.23. The number of rotatable bonds is 4. The van der Waals surface area contributed by atoms with Crippen molar-refractivity contribution < 1.29 is 4.42 Å². The maximum atomic E-state index is 5.85. The number of fused-ring (bicyclic) bond motifs is 1. The molecule has 0 saturated heterocycles. The number of hydrogen-bond acceptors (Lipinski definition) is 3. The second-order valence-corrected chi connectivity index (χ2v) is 6.35. The third kappa shape index (κ3) is 2.41. The van der Waals surface area contributed by atoms with E-state index in [0.29, 0.717) is 0 Å². The van der Waals surface area contributed by atoms with E-state index in [1.165, 1.54) is 26.8 Å². The van der Waals surface area contributed by atoms with Crippen molar-refractivity contribution in [3.05, 3.63) is 57.9 Å². The van der Waals surface area contributed by atoms with Crippen LogP contribution in [0.3, 0.4) is 0 Å². The van der Waals surface area contributed by atoms with Crippen molar-refractivity contribution in [1.29, 1.82) is 0 Å². The van der Waals surface area contributed by atoms with Crippen LogP contribution in [0.15, 0.2) is 34.1 Å². The van der Waals surface area contributed by atoms with E-state index >= 15 is 0 Å². The summed E-state index contributed by atoms with van der Waals surface area (Å²) in [5.41, 5.74) is 3.89. The minimum Gasteiger partial charge on any atom is -0.466 e. The molecule has 2 nitrogen and oxygen atoms in total. The number of aryl methyl sites for hydroxylation is 2. The molecule has 3 rings (SSSR count). The van der Waals surface area contributed by atoms with Gasteiger partial charge >= 0.3 is 0 Å². The second kappa shape index (κ2) is 5.66. The molecule has 21 heavy (non-hydrogen) atoms. The first-order valence-electron chi connectivity index (χ1n) is 7.39. The van der Waals surface area contributed by atoms with E-state index in [2.05, 4.69) is 55.7 Å². The molecule has 1 atom stereocenters. The minimum atomic E-state index is 0.190. The molecule has 0 saturated carbocycles. The lowest BCUT2D eigenvalue weighted by molar-refractivity contribution is 0.494. The molecule has 1 aromatic carbocycles. The van der Waals surface area contributed by atoms with Gasteiger partial charge in [0.15, 0.2) is 0 Å². The summed E-state index contributed by atoms with van der Waals surface area (Å²) < 4.78 is 7.21. The number of thiophene rings is 1. The smallest absolute Gasteiger partial charge is 0.106 e. The van der Waals surface area contributed by atoms with E-state index < -0.39 is 0 Å². The second-order valence-electron chi connectivity index (χ2n) is 5.43. The summed E-state index contributed by atoms with van der Waals surface area (Å²) in [4.78, 5) is 0. The summed E-state index contributed by atoms with van der Waals surface area (Å²) in [5.74, 6) is 2.04. The fraction of sp³-hybridized carbons (Fsp3) is 0.333. The van der Waals surface area contributed by atoms with Gasteiger partial charge in [-0.1, -0.05) is 25.1 Å². The Labute approximate surface area is 129 Å². The summed E-state index contributed by atoms with van der Waals surface area (Å²) in [7, 11) is 0. The van der Waals surface area contributed by atoms with Crippen molar-refractivity contribution >= 4 is 21.4 Å². The standard InChI is InChI=1S/C18H21NOS/c1-5-19-17(16-11(2)12(3)20-13(16)4)15-8-6-7-14-9-10-21-18(14)15/h6-10,17,19H,5H2,1-4H3. The Bertz CT molecular complexity index is 769. The Morgan fingerprint density at radius 2 is 1.95 bits per heavy atom. The third-order valence-corrected chi connectivity index (χ3v) is 5.11. The molecule has 1 N–H and O–H groups in total. The fourth-order valence-corrected chi connectivity index (χ4v) is 3.99. The van der Waals surface area contributed by atoms with Crippen molar-refractivity contribution in [2.45, 2.75) is 33.7 Å². The highest BCUT2D eigenvalue weighted by molar-refractivity contribution is 7.17. The maximum Gasteiger partial charge on any atom is 0.106 e. The SMILES string of the molecule is CCNC(c1c(C)oc(C)c1C)c1cccc2ccsc12. The van der Waals surface area contributed by atoms with Crippen LogP contribution in [-0.4, -0.2) is 6.54 Å². The molecule has 110 valence electrons. The van der Waals surface area contributed by atoms with E-state index in [-0.39, 0.29) is 6.04 Å². The Morgan fingerprint density at radius 3 is 2.62 bits per heavy atom. The van der Waals surface area contributed by atoms with Gasteiger partial charge in [-0.2, -0.15) is 0 Å². The third-order valence-electron chi connectivity index (χ3n) is 4.13. The molecule has 0 aliphatic carbocycles. The van der Waals surface area contributed by atoms with Gasteiger partial charge in [-0.25, -0.2) is 0 Å². The van der Waals surface area contributed by atoms with Crippen LogP contribution in [0.2, 0.25) is 0 Å². The first-order valence-corrected chi connectivity index (χ1v) is 8.27. The molecule has 1 unspecified atom stereocenters. The maximum absolute atomic E-state index is 5.85. The Morgan fingerprint density at radius 1 is 1.14 bits per heavy atom. The van der Waals surface area contributed by atoms with Crippen LogP contribution >= 0.6 is 11.3 Å². The Kier molecular flexibility index (Phi) is 3.87. The lowest BCUT2D eigenvalue weighted by atomic mass is 9.94. The molecule has 0 amide bonds. The van der Waals surface area contributed by atoms with E-state index in [4.69, 9.17) is 4.42 Å². The van der Waals surface area contributed by atoms with Crippen molar-refractivity contribution in [3.8, 4) is 0 Å². The zero-order valence-corrected chi connectivity index (χ0v) is 13.8. The van der Waals surface area contributed by atoms with Crippen LogP contribution in [0.4, 0.5) is 0 Å². The van der Waals surface area contributed by atoms with Crippen LogP contribution in [0, 0.1) is 20.8 Å². The van der Waals surface area contributed by atoms with E-state index in [1.54, 1.807) is 0 Å². The van der Waals surface area contributed by atoms with E-state index in [1.807, 2.05) is 18.3 Å². The molecule has 3 aromatic rings. The predicted molar refractivity (Wildman–Crippen MR) is 90.3 cm³/mol. The average Bonchev–Trinajstić information content (AvgIpc) is 3.03. The van der Waals surface area contributed by atoms with Crippen molar-refractivity contribution in [2.75, 3.05) is 6.54 Å². The summed E-state index contributed by atoms with van der Waals surface area (Å²) in [5, 5.41) is 7.12. The van der Waals surface area contributed by atoms with Gasteiger partial charge < -0.3 is 9.73 Å². The summed E-state index contributed by atoms with van der Waals surface area (Å²) in [6.45, 7) is 9.34. The number of benzene rings is 1. The monoisotopic (exact) mass is 299 g/mol. The first-order chi connectivity index (χ1) is 10.1. The molecule has 2 heterocycles. The van der Waals surface area contributed by atoms with Gasteiger partial charge in [-0.05, 0) is 55.3 Å². The zero-order chi connectivity index (χ0) is 15.0. The molecule has 0 aliphatic heterocycles. The van der Waals surface area contributed by atoms with Gasteiger partial charge in [-0.15, -0.1) is 11.3 Å². The topological polar surface area (TPSA) is 25.2 Å². The highest BCUT2D eigenvalue weighted by atomic mass is 32.1. The van der Waals surface area contributed by atoms with Gasteiger partial charge in [-0.3, -0.25) is 0 Å². The van der Waals surface area contributed by atoms with Crippen LogP contribution in [-0.2, 0) is 0 Å². The molecule has 0 bridgehead atoms. The van der Waals surface area contributed by atoms with Gasteiger partial charge in [0.05, 0.1) is 6.04 Å². The molecule has 2 aromatic heterocycles. The van der Waals surface area contributed by atoms with E-state index in [9.17, 15) is 0 Å². The lowest BCUT2D eigenvalue weighted by Gasteiger charge is -2.20. The molecule has 0 radical (unpaired) electrons. The first kappa shape index (κ1) is 14.4. The lowest BCUT2D eigenvalue weighted by Crippen LogP contribution is -2.23. The fourth-order valence-electron chi connectivity index (χ4n) is 3.05. The number of furan rings is 1. The van der Waals surface area contributed by atoms with Gasteiger partial charge in [0.1, 0.15) is 11.5 Å². The highest BCUT2D eigenvalue weighted by Crippen LogP contribution is 2.36. The normalized spacial score (nSPS) is 13.0. The van der Waals surface area contributed by atoms with Crippen molar-refractivity contribution in [3.63, 3.8) is 0 Å². The van der Waals surface area contributed by atoms with E-state index in [0.717, 1.165) is 18.1 Å². The molecular formula is C18H21NOS. The predicted octanol–water partition coefficient (Wildman–Crippen LogP) is 5.12. The minimum absolute atomic E-state index is 0.190. The van der Waals surface area contributed by atoms with Crippen molar-refractivity contribution in [1.82, 2.24) is 5.32 Å². The van der Waals surface area contributed by atoms with Gasteiger partial charge in [0, 0.05) is 10.3 Å². The zero-order valence-electron chi connectivity index (χ0n) is 13.0. The molecule has 3 heteroatoms. The number of nitrogens with one attached hydrogen (secondary N) is 1. The van der Waals surface area contributed by atoms with Crippen LogP contribution in [0.25, 0.3) is 10.1 Å². The number of hydrogen-bond donors (Lipinski definition) is 1. The van der Waals surface area contributed by atoms with Crippen LogP contribution < -0.4 is 5.32 Å². The largest absolute Gasteiger partial charge is 0.466 e. The average molecular weight is 299 g/mol. The van der Waals surface area contributed by atoms with Crippen LogP contribution in [0.1, 0.15) is 41.2 Å². The van der Waals surface area contributed by atoms with Gasteiger partial charge in [0.2, 0.25) is 0 Å². The summed E-state index contributed by atoms with van der Waals surface area (Å²) in [6, 6.07) is 8.93. The van der Waals surface area contributed by atoms with Gasteiger partial charge in [0.25, 0.3) is 0 Å². The quantitative estimate of drug-likeness (QED) is 0.723. The molecule has 0 aliphatic rings. The van der Waals surface area contributed by atoms with Crippen LogP contribution in [0.5, 0.6) is 0 Å². The Balaban J connectivity index is 2.20. The molecule has 0 fully saturated rings. The molecule has 0 spiro atoms. The Hall–Kier alpha value is -1.58.